The lowest BCUT2D eigenvalue weighted by atomic mass is 10.0. The zero-order valence-corrected chi connectivity index (χ0v) is 12.8. The molecule has 6 heteroatoms. The number of fused-ring (bicyclic) bond motifs is 1. The first-order valence-corrected chi connectivity index (χ1v) is 7.38. The number of benzene rings is 1. The number of nitrogens with two attached hydrogens (primary N) is 1. The molecular weight excluding hydrogens is 270 g/mol. The molecule has 0 saturated carbocycles. The van der Waals surface area contributed by atoms with E-state index in [-0.39, 0.29) is 0 Å². The molecule has 0 spiro atoms. The topological polar surface area (TPSA) is 69.1 Å². The standard InChI is InChI=1S/C14H17N5S/c1-7(2)12-16-17-14-19(12)18-13(20-14)11-6-10(15)5-8(3)9(11)4/h5-7H,15H2,1-4H3. The van der Waals surface area contributed by atoms with Crippen LogP contribution in [0.3, 0.4) is 0 Å². The van der Waals surface area contributed by atoms with Crippen LogP contribution in [0.2, 0.25) is 0 Å². The third-order valence-electron chi connectivity index (χ3n) is 3.45. The van der Waals surface area contributed by atoms with Crippen LogP contribution in [0.25, 0.3) is 15.5 Å². The summed E-state index contributed by atoms with van der Waals surface area (Å²) in [6, 6.07) is 3.96. The molecule has 0 bridgehead atoms. The Bertz CT molecular complexity index is 784. The zero-order valence-electron chi connectivity index (χ0n) is 12.0. The fourth-order valence-electron chi connectivity index (χ4n) is 2.21. The third-order valence-corrected chi connectivity index (χ3v) is 4.38. The molecule has 20 heavy (non-hydrogen) atoms. The summed E-state index contributed by atoms with van der Waals surface area (Å²) in [5.41, 5.74) is 10.2. The van der Waals surface area contributed by atoms with Gasteiger partial charge in [0.2, 0.25) is 4.96 Å². The Kier molecular flexibility index (Phi) is 2.97. The number of rotatable bonds is 2. The Morgan fingerprint density at radius 2 is 1.95 bits per heavy atom. The van der Waals surface area contributed by atoms with Crippen LogP contribution >= 0.6 is 11.3 Å². The molecule has 0 aliphatic rings. The van der Waals surface area contributed by atoms with Gasteiger partial charge in [0.05, 0.1) is 0 Å². The first kappa shape index (κ1) is 13.1. The van der Waals surface area contributed by atoms with E-state index in [4.69, 9.17) is 5.73 Å². The second-order valence-electron chi connectivity index (χ2n) is 5.32. The van der Waals surface area contributed by atoms with Crippen molar-refractivity contribution in [2.75, 3.05) is 5.73 Å². The first-order valence-electron chi connectivity index (χ1n) is 6.56. The highest BCUT2D eigenvalue weighted by molar-refractivity contribution is 7.19. The molecule has 2 N–H and O–H groups in total. The molecule has 1 aromatic carbocycles. The molecule has 2 heterocycles. The smallest absolute Gasteiger partial charge is 0.234 e. The summed E-state index contributed by atoms with van der Waals surface area (Å²) in [7, 11) is 0. The predicted octanol–water partition coefficient (Wildman–Crippen LogP) is 3.18. The molecule has 3 rings (SSSR count). The second kappa shape index (κ2) is 4.56. The lowest BCUT2D eigenvalue weighted by Gasteiger charge is -2.07. The maximum absolute atomic E-state index is 5.96. The van der Waals surface area contributed by atoms with Gasteiger partial charge in [0.15, 0.2) is 5.82 Å². The number of nitrogen functional groups attached to an aromatic ring is 1. The maximum Gasteiger partial charge on any atom is 0.234 e. The summed E-state index contributed by atoms with van der Waals surface area (Å²) in [5.74, 6) is 1.18. The molecule has 2 aromatic heterocycles. The molecule has 0 amide bonds. The first-order chi connectivity index (χ1) is 9.47. The zero-order chi connectivity index (χ0) is 14.4. The Labute approximate surface area is 121 Å². The monoisotopic (exact) mass is 287 g/mol. The van der Waals surface area contributed by atoms with Crippen molar-refractivity contribution in [1.29, 1.82) is 0 Å². The summed E-state index contributed by atoms with van der Waals surface area (Å²) in [5, 5.41) is 14.0. The van der Waals surface area contributed by atoms with Crippen molar-refractivity contribution in [2.24, 2.45) is 0 Å². The molecule has 104 valence electrons. The summed E-state index contributed by atoms with van der Waals surface area (Å²) < 4.78 is 1.84. The molecule has 5 nitrogen and oxygen atoms in total. The van der Waals surface area contributed by atoms with Gasteiger partial charge in [-0.15, -0.1) is 10.2 Å². The Morgan fingerprint density at radius 1 is 1.20 bits per heavy atom. The van der Waals surface area contributed by atoms with Crippen molar-refractivity contribution in [3.63, 3.8) is 0 Å². The van der Waals surface area contributed by atoms with Crippen LogP contribution in [-0.2, 0) is 0 Å². The van der Waals surface area contributed by atoms with Gasteiger partial charge >= 0.3 is 0 Å². The van der Waals surface area contributed by atoms with Gasteiger partial charge in [-0.25, -0.2) is 0 Å². The predicted molar refractivity (Wildman–Crippen MR) is 82.1 cm³/mol. The van der Waals surface area contributed by atoms with Gasteiger partial charge in [-0.2, -0.15) is 9.61 Å². The van der Waals surface area contributed by atoms with Crippen LogP contribution in [0.15, 0.2) is 12.1 Å². The van der Waals surface area contributed by atoms with Gasteiger partial charge in [0, 0.05) is 17.2 Å². The van der Waals surface area contributed by atoms with Crippen molar-refractivity contribution in [1.82, 2.24) is 19.8 Å². The van der Waals surface area contributed by atoms with Gasteiger partial charge in [0.1, 0.15) is 5.01 Å². The van der Waals surface area contributed by atoms with E-state index in [1.54, 1.807) is 11.3 Å². The average Bonchev–Trinajstić information content (AvgIpc) is 2.92. The lowest BCUT2D eigenvalue weighted by Crippen LogP contribution is -1.98. The molecule has 0 aliphatic heterocycles. The summed E-state index contributed by atoms with van der Waals surface area (Å²) in [6.07, 6.45) is 0. The van der Waals surface area contributed by atoms with E-state index in [1.165, 1.54) is 11.1 Å². The Balaban J connectivity index is 2.20. The van der Waals surface area contributed by atoms with E-state index >= 15 is 0 Å². The van der Waals surface area contributed by atoms with Crippen LogP contribution in [0, 0.1) is 13.8 Å². The normalized spacial score (nSPS) is 11.7. The largest absolute Gasteiger partial charge is 0.399 e. The molecule has 0 radical (unpaired) electrons. The lowest BCUT2D eigenvalue weighted by molar-refractivity contribution is 0.727. The number of hydrogen-bond acceptors (Lipinski definition) is 5. The van der Waals surface area contributed by atoms with E-state index in [1.807, 2.05) is 16.6 Å². The summed E-state index contributed by atoms with van der Waals surface area (Å²) in [6.45, 7) is 8.33. The van der Waals surface area contributed by atoms with Crippen LogP contribution in [0.4, 0.5) is 5.69 Å². The highest BCUT2D eigenvalue weighted by atomic mass is 32.1. The minimum absolute atomic E-state index is 0.295. The minimum Gasteiger partial charge on any atom is -0.399 e. The molecule has 0 fully saturated rings. The van der Waals surface area contributed by atoms with Gasteiger partial charge in [0.25, 0.3) is 0 Å². The van der Waals surface area contributed by atoms with Gasteiger partial charge in [-0.3, -0.25) is 0 Å². The maximum atomic E-state index is 5.96. The number of aromatic nitrogens is 4. The summed E-state index contributed by atoms with van der Waals surface area (Å²) in [4.78, 5) is 0.822. The van der Waals surface area contributed by atoms with E-state index in [0.29, 0.717) is 5.92 Å². The number of hydrogen-bond donors (Lipinski definition) is 1. The number of anilines is 1. The van der Waals surface area contributed by atoms with Gasteiger partial charge in [-0.1, -0.05) is 25.2 Å². The molecule has 3 aromatic rings. The second-order valence-corrected chi connectivity index (χ2v) is 6.28. The van der Waals surface area contributed by atoms with Crippen LogP contribution in [-0.4, -0.2) is 19.8 Å². The van der Waals surface area contributed by atoms with Crippen LogP contribution in [0.1, 0.15) is 36.7 Å². The average molecular weight is 287 g/mol. The van der Waals surface area contributed by atoms with E-state index < -0.39 is 0 Å². The Hall–Kier alpha value is -1.95. The van der Waals surface area contributed by atoms with Gasteiger partial charge < -0.3 is 5.73 Å². The fourth-order valence-corrected chi connectivity index (χ4v) is 3.13. The van der Waals surface area contributed by atoms with Crippen molar-refractivity contribution in [3.05, 3.63) is 29.1 Å². The molecular formula is C14H17N5S. The van der Waals surface area contributed by atoms with Crippen molar-refractivity contribution < 1.29 is 0 Å². The quantitative estimate of drug-likeness (QED) is 0.735. The van der Waals surface area contributed by atoms with E-state index in [9.17, 15) is 0 Å². The highest BCUT2D eigenvalue weighted by Gasteiger charge is 2.16. The number of nitrogens with zero attached hydrogens (tertiary/aromatic N) is 4. The SMILES string of the molecule is Cc1cc(N)cc(-c2nn3c(C(C)C)nnc3s2)c1C. The fraction of sp³-hybridized carbons (Fsp3) is 0.357. The van der Waals surface area contributed by atoms with E-state index in [2.05, 4.69) is 43.0 Å². The molecule has 0 aliphatic carbocycles. The minimum atomic E-state index is 0.295. The van der Waals surface area contributed by atoms with Crippen molar-refractivity contribution in [2.45, 2.75) is 33.6 Å². The molecule has 0 unspecified atom stereocenters. The Morgan fingerprint density at radius 3 is 2.65 bits per heavy atom. The summed E-state index contributed by atoms with van der Waals surface area (Å²) >= 11 is 1.54. The molecule has 0 atom stereocenters. The van der Waals surface area contributed by atoms with Crippen molar-refractivity contribution in [3.8, 4) is 10.6 Å². The molecule has 0 saturated heterocycles. The third kappa shape index (κ3) is 1.96. The van der Waals surface area contributed by atoms with Crippen LogP contribution in [0.5, 0.6) is 0 Å². The number of aryl methyl sites for hydroxylation is 1. The van der Waals surface area contributed by atoms with Gasteiger partial charge in [-0.05, 0) is 37.1 Å². The van der Waals surface area contributed by atoms with Crippen LogP contribution < -0.4 is 5.73 Å². The highest BCUT2D eigenvalue weighted by Crippen LogP contribution is 2.32. The van der Waals surface area contributed by atoms with E-state index in [0.717, 1.165) is 27.0 Å². The van der Waals surface area contributed by atoms with Crippen molar-refractivity contribution >= 4 is 22.0 Å².